The van der Waals surface area contributed by atoms with Gasteiger partial charge >= 0.3 is 0 Å². The van der Waals surface area contributed by atoms with Crippen molar-refractivity contribution in [3.63, 3.8) is 0 Å². The van der Waals surface area contributed by atoms with Crippen molar-refractivity contribution in [1.82, 2.24) is 4.98 Å². The summed E-state index contributed by atoms with van der Waals surface area (Å²) in [7, 11) is 3.07. The normalized spacial score (nSPS) is 11.2. The van der Waals surface area contributed by atoms with Crippen molar-refractivity contribution in [2.75, 3.05) is 14.2 Å². The van der Waals surface area contributed by atoms with E-state index in [4.69, 9.17) is 14.2 Å². The van der Waals surface area contributed by atoms with Gasteiger partial charge in [-0.25, -0.2) is 9.37 Å². The molecule has 3 rings (SSSR count). The van der Waals surface area contributed by atoms with Gasteiger partial charge in [0, 0.05) is 22.6 Å². The molecule has 0 saturated heterocycles. The zero-order valence-corrected chi connectivity index (χ0v) is 18.4. The number of Topliss-reactive ketones (excluding diaryl/α,β-unsaturated/α-hetero) is 1. The molecular weight excluding hydrogens is 397 g/mol. The van der Waals surface area contributed by atoms with Gasteiger partial charge in [0.1, 0.15) is 23.9 Å². The van der Waals surface area contributed by atoms with E-state index in [2.05, 4.69) is 4.98 Å². The number of methoxy groups -OCH3 is 2. The van der Waals surface area contributed by atoms with E-state index in [-0.39, 0.29) is 17.2 Å². The van der Waals surface area contributed by atoms with Crippen LogP contribution in [0.25, 0.3) is 11.1 Å². The Morgan fingerprint density at radius 1 is 0.935 bits per heavy atom. The van der Waals surface area contributed by atoms with E-state index in [9.17, 15) is 9.18 Å². The van der Waals surface area contributed by atoms with Gasteiger partial charge in [0.2, 0.25) is 5.88 Å². The molecule has 0 aliphatic heterocycles. The predicted octanol–water partition coefficient (Wildman–Crippen LogP) is 5.71. The lowest BCUT2D eigenvalue weighted by Crippen LogP contribution is -2.21. The number of halogens is 1. The van der Waals surface area contributed by atoms with Gasteiger partial charge in [-0.05, 0) is 41.5 Å². The molecule has 0 radical (unpaired) electrons. The van der Waals surface area contributed by atoms with Crippen LogP contribution in [0, 0.1) is 11.2 Å². The summed E-state index contributed by atoms with van der Waals surface area (Å²) in [6.07, 6.45) is 1.09. The Morgan fingerprint density at radius 2 is 1.61 bits per heavy atom. The molecule has 3 aromatic rings. The Morgan fingerprint density at radius 3 is 2.23 bits per heavy atom. The number of pyridine rings is 1. The van der Waals surface area contributed by atoms with Gasteiger partial charge in [-0.2, -0.15) is 0 Å². The minimum absolute atomic E-state index is 0.118. The number of carbonyl (C=O) groups is 1. The molecule has 0 amide bonds. The first-order chi connectivity index (χ1) is 14.7. The number of carbonyl (C=O) groups excluding carboxylic acids is 1. The molecule has 0 bridgehead atoms. The Labute approximate surface area is 181 Å². The summed E-state index contributed by atoms with van der Waals surface area (Å²) in [5.74, 6) is 0.906. The molecule has 0 N–H and O–H groups in total. The van der Waals surface area contributed by atoms with E-state index in [1.54, 1.807) is 25.3 Å². The second kappa shape index (κ2) is 9.16. The van der Waals surface area contributed by atoms with E-state index in [0.717, 1.165) is 17.5 Å². The molecular formula is C25H26FNO4. The highest BCUT2D eigenvalue weighted by Crippen LogP contribution is 2.35. The van der Waals surface area contributed by atoms with Gasteiger partial charge in [0.05, 0.1) is 20.4 Å². The van der Waals surface area contributed by atoms with Crippen LogP contribution in [-0.4, -0.2) is 25.0 Å². The van der Waals surface area contributed by atoms with Crippen LogP contribution in [-0.2, 0) is 6.61 Å². The number of hydrogen-bond acceptors (Lipinski definition) is 5. The smallest absolute Gasteiger partial charge is 0.213 e. The number of benzene rings is 2. The summed E-state index contributed by atoms with van der Waals surface area (Å²) in [5, 5.41) is 0. The van der Waals surface area contributed by atoms with E-state index in [0.29, 0.717) is 23.5 Å². The highest BCUT2D eigenvalue weighted by atomic mass is 19.1. The number of rotatable bonds is 7. The summed E-state index contributed by atoms with van der Waals surface area (Å²) in [6, 6.07) is 14.1. The van der Waals surface area contributed by atoms with E-state index in [1.807, 2.05) is 45.0 Å². The third-order valence-electron chi connectivity index (χ3n) is 4.81. The summed E-state index contributed by atoms with van der Waals surface area (Å²) in [5.41, 5.74) is 1.40. The molecule has 1 aromatic heterocycles. The third kappa shape index (κ3) is 5.20. The maximum Gasteiger partial charge on any atom is 0.213 e. The molecule has 0 spiro atoms. The van der Waals surface area contributed by atoms with Crippen molar-refractivity contribution < 1.29 is 23.4 Å². The molecule has 0 unspecified atom stereocenters. The van der Waals surface area contributed by atoms with Crippen LogP contribution < -0.4 is 14.2 Å². The topological polar surface area (TPSA) is 57.6 Å². The van der Waals surface area contributed by atoms with Crippen LogP contribution in [0.3, 0.4) is 0 Å². The zero-order valence-electron chi connectivity index (χ0n) is 18.4. The molecule has 0 aliphatic rings. The SMILES string of the molecule is COc1ccc(COc2ccc(-c3cc(OC)ncc3F)c(C(=O)C(C)(C)C)c2)cc1. The van der Waals surface area contributed by atoms with Gasteiger partial charge in [-0.1, -0.05) is 32.9 Å². The first-order valence-corrected chi connectivity index (χ1v) is 9.87. The molecule has 0 saturated carbocycles. The van der Waals surface area contributed by atoms with Crippen molar-refractivity contribution in [3.8, 4) is 28.5 Å². The maximum absolute atomic E-state index is 14.6. The van der Waals surface area contributed by atoms with Crippen LogP contribution in [0.5, 0.6) is 17.4 Å². The lowest BCUT2D eigenvalue weighted by atomic mass is 9.83. The molecule has 5 nitrogen and oxygen atoms in total. The van der Waals surface area contributed by atoms with Crippen LogP contribution in [0.2, 0.25) is 0 Å². The Hall–Kier alpha value is -3.41. The molecule has 0 atom stereocenters. The molecule has 31 heavy (non-hydrogen) atoms. The van der Waals surface area contributed by atoms with Crippen LogP contribution in [0.4, 0.5) is 4.39 Å². The van der Waals surface area contributed by atoms with Crippen molar-refractivity contribution in [2.24, 2.45) is 5.41 Å². The van der Waals surface area contributed by atoms with Crippen LogP contribution in [0.1, 0.15) is 36.7 Å². The van der Waals surface area contributed by atoms with Crippen molar-refractivity contribution >= 4 is 5.78 Å². The van der Waals surface area contributed by atoms with Gasteiger partial charge < -0.3 is 14.2 Å². The lowest BCUT2D eigenvalue weighted by Gasteiger charge is -2.20. The Bertz CT molecular complexity index is 1070. The average Bonchev–Trinajstić information content (AvgIpc) is 2.77. The van der Waals surface area contributed by atoms with Crippen molar-refractivity contribution in [3.05, 3.63) is 71.7 Å². The summed E-state index contributed by atoms with van der Waals surface area (Å²) < 4.78 is 30.8. The largest absolute Gasteiger partial charge is 0.497 e. The fourth-order valence-electron chi connectivity index (χ4n) is 3.07. The summed E-state index contributed by atoms with van der Waals surface area (Å²) >= 11 is 0. The minimum Gasteiger partial charge on any atom is -0.497 e. The highest BCUT2D eigenvalue weighted by Gasteiger charge is 2.27. The number of hydrogen-bond donors (Lipinski definition) is 0. The number of nitrogens with zero attached hydrogens (tertiary/aromatic N) is 1. The molecule has 0 fully saturated rings. The monoisotopic (exact) mass is 423 g/mol. The molecule has 1 heterocycles. The van der Waals surface area contributed by atoms with Crippen molar-refractivity contribution in [1.29, 1.82) is 0 Å². The van der Waals surface area contributed by atoms with Gasteiger partial charge in [-0.3, -0.25) is 4.79 Å². The second-order valence-electron chi connectivity index (χ2n) is 8.13. The van der Waals surface area contributed by atoms with E-state index < -0.39 is 11.2 Å². The maximum atomic E-state index is 14.6. The number of ketones is 1. The standard InChI is InChI=1S/C25H26FNO4/c1-25(2,3)24(28)21-12-18(31-15-16-6-8-17(29-4)9-7-16)10-11-19(21)20-13-23(30-5)27-14-22(20)26/h6-14H,15H2,1-5H3. The van der Waals surface area contributed by atoms with Crippen LogP contribution >= 0.6 is 0 Å². The fourth-order valence-corrected chi connectivity index (χ4v) is 3.07. The van der Waals surface area contributed by atoms with E-state index in [1.165, 1.54) is 13.2 Å². The molecule has 2 aromatic carbocycles. The summed E-state index contributed by atoms with van der Waals surface area (Å²) in [6.45, 7) is 5.80. The summed E-state index contributed by atoms with van der Waals surface area (Å²) in [4.78, 5) is 17.1. The first-order valence-electron chi connectivity index (χ1n) is 9.87. The quantitative estimate of drug-likeness (QED) is 0.456. The average molecular weight is 423 g/mol. The molecule has 162 valence electrons. The third-order valence-corrected chi connectivity index (χ3v) is 4.81. The van der Waals surface area contributed by atoms with Crippen LogP contribution in [0.15, 0.2) is 54.7 Å². The molecule has 6 heteroatoms. The second-order valence-corrected chi connectivity index (χ2v) is 8.13. The predicted molar refractivity (Wildman–Crippen MR) is 117 cm³/mol. The highest BCUT2D eigenvalue weighted by molar-refractivity contribution is 6.05. The van der Waals surface area contributed by atoms with Gasteiger partial charge in [-0.15, -0.1) is 0 Å². The lowest BCUT2D eigenvalue weighted by molar-refractivity contribution is 0.0858. The first kappa shape index (κ1) is 22.3. The number of aromatic nitrogens is 1. The Balaban J connectivity index is 1.98. The fraction of sp³-hybridized carbons (Fsp3) is 0.280. The minimum atomic E-state index is -0.656. The Kier molecular flexibility index (Phi) is 6.59. The zero-order chi connectivity index (χ0) is 22.6. The van der Waals surface area contributed by atoms with Gasteiger partial charge in [0.25, 0.3) is 0 Å². The van der Waals surface area contributed by atoms with Gasteiger partial charge in [0.15, 0.2) is 5.78 Å². The van der Waals surface area contributed by atoms with Crippen molar-refractivity contribution in [2.45, 2.75) is 27.4 Å². The molecule has 0 aliphatic carbocycles. The number of ether oxygens (including phenoxy) is 3. The van der Waals surface area contributed by atoms with E-state index >= 15 is 0 Å².